The van der Waals surface area contributed by atoms with Crippen LogP contribution >= 0.6 is 15.9 Å². The zero-order chi connectivity index (χ0) is 15.0. The van der Waals surface area contributed by atoms with E-state index in [2.05, 4.69) is 40.2 Å². The second-order valence-electron chi connectivity index (χ2n) is 6.22. The molecule has 4 unspecified atom stereocenters. The molecule has 114 valence electrons. The summed E-state index contributed by atoms with van der Waals surface area (Å²) in [5.74, 6) is 1.51. The van der Waals surface area contributed by atoms with Crippen molar-refractivity contribution in [3.8, 4) is 0 Å². The molecule has 0 aliphatic heterocycles. The maximum atomic E-state index is 12.7. The highest BCUT2D eigenvalue weighted by Gasteiger charge is 2.57. The minimum atomic E-state index is 0.195. The van der Waals surface area contributed by atoms with Crippen molar-refractivity contribution in [3.63, 3.8) is 0 Å². The van der Waals surface area contributed by atoms with Gasteiger partial charge in [0.2, 0.25) is 5.91 Å². The predicted octanol–water partition coefficient (Wildman–Crippen LogP) is 2.83. The fourth-order valence-corrected chi connectivity index (χ4v) is 4.48. The number of nitrogens with zero attached hydrogens (tertiary/aromatic N) is 1. The standard InChI is InChI=1S/C17H22BrNO2/c1-19(9-12(18)10-21-2)17(20)16-14-8-7-11-5-3-4-6-13(11)15(14)16/h3-6,12,14-16H,7-10H2,1-2H3. The van der Waals surface area contributed by atoms with Gasteiger partial charge in [-0.15, -0.1) is 0 Å². The fourth-order valence-electron chi connectivity index (χ4n) is 3.78. The van der Waals surface area contributed by atoms with E-state index < -0.39 is 0 Å². The first-order chi connectivity index (χ1) is 10.1. The lowest BCUT2D eigenvalue weighted by Gasteiger charge is -2.20. The van der Waals surface area contributed by atoms with Gasteiger partial charge >= 0.3 is 0 Å². The molecule has 1 aromatic carbocycles. The lowest BCUT2D eigenvalue weighted by atomic mass is 9.92. The summed E-state index contributed by atoms with van der Waals surface area (Å²) in [4.78, 5) is 14.7. The van der Waals surface area contributed by atoms with Gasteiger partial charge in [0.15, 0.2) is 0 Å². The van der Waals surface area contributed by atoms with Crippen LogP contribution in [-0.4, -0.2) is 42.9 Å². The van der Waals surface area contributed by atoms with Crippen molar-refractivity contribution in [1.82, 2.24) is 4.90 Å². The van der Waals surface area contributed by atoms with Gasteiger partial charge in [-0.05, 0) is 35.8 Å². The molecule has 1 saturated carbocycles. The van der Waals surface area contributed by atoms with Crippen molar-refractivity contribution in [2.45, 2.75) is 23.6 Å². The third-order valence-corrected chi connectivity index (χ3v) is 5.36. The van der Waals surface area contributed by atoms with E-state index in [0.29, 0.717) is 30.9 Å². The Bertz CT molecular complexity index is 533. The van der Waals surface area contributed by atoms with Crippen LogP contribution in [0.4, 0.5) is 0 Å². The Labute approximate surface area is 134 Å². The SMILES string of the molecule is COCC(Br)CN(C)C(=O)C1C2CCc3ccccc3C21. The monoisotopic (exact) mass is 351 g/mol. The summed E-state index contributed by atoms with van der Waals surface area (Å²) in [5, 5.41) is 0. The Morgan fingerprint density at radius 2 is 2.24 bits per heavy atom. The van der Waals surface area contributed by atoms with Crippen LogP contribution in [0.2, 0.25) is 0 Å². The molecular formula is C17H22BrNO2. The number of alkyl halides is 1. The Kier molecular flexibility index (Phi) is 4.36. The molecule has 1 aromatic rings. The summed E-state index contributed by atoms with van der Waals surface area (Å²) >= 11 is 3.56. The van der Waals surface area contributed by atoms with E-state index in [4.69, 9.17) is 4.74 Å². The summed E-state index contributed by atoms with van der Waals surface area (Å²) in [7, 11) is 3.59. The highest BCUT2D eigenvalue weighted by atomic mass is 79.9. The molecule has 1 fully saturated rings. The number of ether oxygens (including phenoxy) is 1. The average molecular weight is 352 g/mol. The molecular weight excluding hydrogens is 330 g/mol. The first kappa shape index (κ1) is 15.0. The van der Waals surface area contributed by atoms with Crippen LogP contribution in [0.25, 0.3) is 0 Å². The number of methoxy groups -OCH3 is 1. The fraction of sp³-hybridized carbons (Fsp3) is 0.588. The quantitative estimate of drug-likeness (QED) is 0.763. The molecule has 0 N–H and O–H groups in total. The highest BCUT2D eigenvalue weighted by molar-refractivity contribution is 9.09. The van der Waals surface area contributed by atoms with Crippen molar-refractivity contribution in [2.24, 2.45) is 11.8 Å². The number of benzene rings is 1. The molecule has 4 atom stereocenters. The third-order valence-electron chi connectivity index (χ3n) is 4.81. The van der Waals surface area contributed by atoms with Crippen molar-refractivity contribution in [2.75, 3.05) is 27.3 Å². The topological polar surface area (TPSA) is 29.5 Å². The van der Waals surface area contributed by atoms with E-state index in [0.717, 1.165) is 12.8 Å². The smallest absolute Gasteiger partial charge is 0.226 e. The van der Waals surface area contributed by atoms with E-state index in [1.165, 1.54) is 11.1 Å². The van der Waals surface area contributed by atoms with E-state index in [1.54, 1.807) is 7.11 Å². The molecule has 0 bridgehead atoms. The van der Waals surface area contributed by atoms with Gasteiger partial charge in [-0.25, -0.2) is 0 Å². The number of fused-ring (bicyclic) bond motifs is 3. The van der Waals surface area contributed by atoms with Crippen LogP contribution in [0, 0.1) is 11.8 Å². The highest BCUT2D eigenvalue weighted by Crippen LogP contribution is 2.60. The van der Waals surface area contributed by atoms with Crippen LogP contribution in [0.1, 0.15) is 23.5 Å². The van der Waals surface area contributed by atoms with Gasteiger partial charge in [0, 0.05) is 26.6 Å². The number of amides is 1. The number of aryl methyl sites for hydroxylation is 1. The van der Waals surface area contributed by atoms with Crippen molar-refractivity contribution in [1.29, 1.82) is 0 Å². The molecule has 0 saturated heterocycles. The zero-order valence-electron chi connectivity index (χ0n) is 12.6. The average Bonchev–Trinajstić information content (AvgIpc) is 3.21. The number of hydrogen-bond acceptors (Lipinski definition) is 2. The Morgan fingerprint density at radius 1 is 1.48 bits per heavy atom. The third kappa shape index (κ3) is 2.88. The molecule has 0 radical (unpaired) electrons. The van der Waals surface area contributed by atoms with Crippen LogP contribution in [0.3, 0.4) is 0 Å². The van der Waals surface area contributed by atoms with Crippen LogP contribution in [-0.2, 0) is 16.0 Å². The lowest BCUT2D eigenvalue weighted by Crippen LogP contribution is -2.35. The normalized spacial score (nSPS) is 27.5. The molecule has 1 amide bonds. The molecule has 2 aliphatic rings. The number of hydrogen-bond donors (Lipinski definition) is 0. The van der Waals surface area contributed by atoms with Gasteiger partial charge in [-0.2, -0.15) is 0 Å². The minimum absolute atomic E-state index is 0.195. The number of halogens is 1. The first-order valence-corrected chi connectivity index (χ1v) is 8.50. The van der Waals surface area contributed by atoms with Gasteiger partial charge in [-0.1, -0.05) is 40.2 Å². The summed E-state index contributed by atoms with van der Waals surface area (Å²) in [6.07, 6.45) is 2.28. The Balaban J connectivity index is 1.66. The van der Waals surface area contributed by atoms with Crippen molar-refractivity contribution in [3.05, 3.63) is 35.4 Å². The molecule has 0 aromatic heterocycles. The Hall–Kier alpha value is -0.870. The van der Waals surface area contributed by atoms with E-state index in [1.807, 2.05) is 11.9 Å². The summed E-state index contributed by atoms with van der Waals surface area (Å²) in [6.45, 7) is 1.32. The zero-order valence-corrected chi connectivity index (χ0v) is 14.2. The largest absolute Gasteiger partial charge is 0.383 e. The maximum Gasteiger partial charge on any atom is 0.226 e. The number of rotatable bonds is 5. The maximum absolute atomic E-state index is 12.7. The number of carbonyl (C=O) groups is 1. The van der Waals surface area contributed by atoms with E-state index >= 15 is 0 Å². The van der Waals surface area contributed by atoms with Crippen LogP contribution in [0.15, 0.2) is 24.3 Å². The van der Waals surface area contributed by atoms with Gasteiger partial charge < -0.3 is 9.64 Å². The number of carbonyl (C=O) groups excluding carboxylic acids is 1. The predicted molar refractivity (Wildman–Crippen MR) is 86.7 cm³/mol. The second-order valence-corrected chi connectivity index (χ2v) is 7.52. The Morgan fingerprint density at radius 3 is 3.00 bits per heavy atom. The molecule has 2 aliphatic carbocycles. The molecule has 4 heteroatoms. The lowest BCUT2D eigenvalue weighted by molar-refractivity contribution is -0.131. The molecule has 0 spiro atoms. The van der Waals surface area contributed by atoms with Crippen molar-refractivity contribution < 1.29 is 9.53 Å². The van der Waals surface area contributed by atoms with E-state index in [9.17, 15) is 4.79 Å². The van der Waals surface area contributed by atoms with Gasteiger partial charge in [-0.3, -0.25) is 4.79 Å². The van der Waals surface area contributed by atoms with Gasteiger partial charge in [0.25, 0.3) is 0 Å². The summed E-state index contributed by atoms with van der Waals surface area (Å²) in [5.41, 5.74) is 2.85. The van der Waals surface area contributed by atoms with Crippen molar-refractivity contribution >= 4 is 21.8 Å². The minimum Gasteiger partial charge on any atom is -0.383 e. The molecule has 21 heavy (non-hydrogen) atoms. The van der Waals surface area contributed by atoms with Crippen LogP contribution < -0.4 is 0 Å². The second kappa shape index (κ2) is 6.09. The summed E-state index contributed by atoms with van der Waals surface area (Å²) < 4.78 is 5.12. The first-order valence-electron chi connectivity index (χ1n) is 7.59. The summed E-state index contributed by atoms with van der Waals surface area (Å²) in [6, 6.07) is 8.61. The van der Waals surface area contributed by atoms with E-state index in [-0.39, 0.29) is 10.7 Å². The molecule has 3 rings (SSSR count). The molecule has 3 nitrogen and oxygen atoms in total. The van der Waals surface area contributed by atoms with Gasteiger partial charge in [0.1, 0.15) is 0 Å². The van der Waals surface area contributed by atoms with Crippen LogP contribution in [0.5, 0.6) is 0 Å². The van der Waals surface area contributed by atoms with Gasteiger partial charge in [0.05, 0.1) is 11.4 Å². The molecule has 0 heterocycles.